The Kier molecular flexibility index (Phi) is 4.01. The van der Waals surface area contributed by atoms with Crippen LogP contribution >= 0.6 is 22.9 Å². The molecule has 0 bridgehead atoms. The molecule has 1 aliphatic rings. The highest BCUT2D eigenvalue weighted by Crippen LogP contribution is 2.27. The van der Waals surface area contributed by atoms with Crippen molar-refractivity contribution in [3.05, 3.63) is 45.4 Å². The van der Waals surface area contributed by atoms with Gasteiger partial charge in [0.25, 0.3) is 0 Å². The highest BCUT2D eigenvalue weighted by atomic mass is 35.5. The number of benzene rings is 1. The standard InChI is InChI=1S/C14H14ClNO2S/c15-11-1-3-12(4-2-11)18-8-14-16-13(9-19-14)10-5-6-17-7-10/h1-4,9-10H,5-8H2. The van der Waals surface area contributed by atoms with Gasteiger partial charge in [-0.2, -0.15) is 0 Å². The predicted octanol–water partition coefficient (Wildman–Crippen LogP) is 3.88. The van der Waals surface area contributed by atoms with Gasteiger partial charge in [0.2, 0.25) is 0 Å². The number of hydrogen-bond acceptors (Lipinski definition) is 4. The lowest BCUT2D eigenvalue weighted by Gasteiger charge is -2.04. The molecule has 1 saturated heterocycles. The van der Waals surface area contributed by atoms with E-state index in [0.29, 0.717) is 17.5 Å². The van der Waals surface area contributed by atoms with Gasteiger partial charge in [-0.25, -0.2) is 4.98 Å². The van der Waals surface area contributed by atoms with E-state index in [0.717, 1.165) is 36.1 Å². The summed E-state index contributed by atoms with van der Waals surface area (Å²) in [6.07, 6.45) is 1.07. The maximum Gasteiger partial charge on any atom is 0.140 e. The lowest BCUT2D eigenvalue weighted by Crippen LogP contribution is -1.99. The van der Waals surface area contributed by atoms with E-state index in [1.54, 1.807) is 11.3 Å². The molecule has 1 unspecified atom stereocenters. The molecule has 0 aliphatic carbocycles. The average molecular weight is 296 g/mol. The van der Waals surface area contributed by atoms with Gasteiger partial charge < -0.3 is 9.47 Å². The first-order valence-electron chi connectivity index (χ1n) is 6.21. The Morgan fingerprint density at radius 2 is 2.21 bits per heavy atom. The van der Waals surface area contributed by atoms with Gasteiger partial charge in [-0.15, -0.1) is 11.3 Å². The van der Waals surface area contributed by atoms with Crippen LogP contribution in [0.2, 0.25) is 5.02 Å². The summed E-state index contributed by atoms with van der Waals surface area (Å²) in [6.45, 7) is 2.14. The average Bonchev–Trinajstić information content (AvgIpc) is 3.09. The molecule has 0 amide bonds. The molecule has 1 aromatic carbocycles. The molecule has 0 N–H and O–H groups in total. The zero-order valence-corrected chi connectivity index (χ0v) is 11.9. The quantitative estimate of drug-likeness (QED) is 0.858. The monoisotopic (exact) mass is 295 g/mol. The van der Waals surface area contributed by atoms with Crippen LogP contribution in [0.4, 0.5) is 0 Å². The number of halogens is 1. The number of nitrogens with zero attached hydrogens (tertiary/aromatic N) is 1. The molecule has 2 aromatic rings. The summed E-state index contributed by atoms with van der Waals surface area (Å²) >= 11 is 7.47. The Bertz CT molecular complexity index is 535. The van der Waals surface area contributed by atoms with Gasteiger partial charge in [-0.3, -0.25) is 0 Å². The van der Waals surface area contributed by atoms with Crippen molar-refractivity contribution >= 4 is 22.9 Å². The van der Waals surface area contributed by atoms with Crippen molar-refractivity contribution in [2.45, 2.75) is 18.9 Å². The Balaban J connectivity index is 1.59. The van der Waals surface area contributed by atoms with Crippen molar-refractivity contribution in [2.75, 3.05) is 13.2 Å². The van der Waals surface area contributed by atoms with Crippen LogP contribution in [-0.4, -0.2) is 18.2 Å². The van der Waals surface area contributed by atoms with E-state index in [2.05, 4.69) is 10.4 Å². The van der Waals surface area contributed by atoms with E-state index in [-0.39, 0.29) is 0 Å². The third kappa shape index (κ3) is 3.26. The fourth-order valence-corrected chi connectivity index (χ4v) is 2.94. The van der Waals surface area contributed by atoms with Crippen LogP contribution in [0.5, 0.6) is 5.75 Å². The van der Waals surface area contributed by atoms with Crippen LogP contribution in [0.15, 0.2) is 29.6 Å². The Morgan fingerprint density at radius 3 is 2.95 bits per heavy atom. The van der Waals surface area contributed by atoms with Crippen LogP contribution in [0.1, 0.15) is 23.0 Å². The van der Waals surface area contributed by atoms with E-state index in [1.807, 2.05) is 24.3 Å². The molecule has 1 aliphatic heterocycles. The van der Waals surface area contributed by atoms with Crippen molar-refractivity contribution in [1.29, 1.82) is 0 Å². The summed E-state index contributed by atoms with van der Waals surface area (Å²) in [5.41, 5.74) is 1.14. The third-order valence-electron chi connectivity index (χ3n) is 3.09. The molecule has 5 heteroatoms. The highest BCUT2D eigenvalue weighted by Gasteiger charge is 2.20. The van der Waals surface area contributed by atoms with E-state index in [4.69, 9.17) is 21.1 Å². The highest BCUT2D eigenvalue weighted by molar-refractivity contribution is 7.09. The summed E-state index contributed by atoms with van der Waals surface area (Å²) in [7, 11) is 0. The first-order valence-corrected chi connectivity index (χ1v) is 7.47. The topological polar surface area (TPSA) is 31.4 Å². The van der Waals surface area contributed by atoms with Crippen LogP contribution in [0, 0.1) is 0 Å². The molecule has 1 aromatic heterocycles. The number of thiazole rings is 1. The number of ether oxygens (including phenoxy) is 2. The molecular weight excluding hydrogens is 282 g/mol. The van der Waals surface area contributed by atoms with Gasteiger partial charge in [0, 0.05) is 22.9 Å². The zero-order valence-electron chi connectivity index (χ0n) is 10.3. The van der Waals surface area contributed by atoms with Gasteiger partial charge in [0.05, 0.1) is 12.3 Å². The summed E-state index contributed by atoms with van der Waals surface area (Å²) in [6, 6.07) is 7.36. The van der Waals surface area contributed by atoms with Gasteiger partial charge in [0.15, 0.2) is 0 Å². The van der Waals surface area contributed by atoms with Crippen molar-refractivity contribution in [2.24, 2.45) is 0 Å². The number of hydrogen-bond donors (Lipinski definition) is 0. The van der Waals surface area contributed by atoms with Crippen LogP contribution in [-0.2, 0) is 11.3 Å². The van der Waals surface area contributed by atoms with Gasteiger partial charge >= 0.3 is 0 Å². The maximum absolute atomic E-state index is 5.83. The van der Waals surface area contributed by atoms with Crippen molar-refractivity contribution in [3.8, 4) is 5.75 Å². The molecule has 3 rings (SSSR count). The van der Waals surface area contributed by atoms with Gasteiger partial charge in [-0.05, 0) is 30.7 Å². The molecule has 2 heterocycles. The smallest absolute Gasteiger partial charge is 0.140 e. The minimum Gasteiger partial charge on any atom is -0.486 e. The second kappa shape index (κ2) is 5.90. The SMILES string of the molecule is Clc1ccc(OCc2nc(C3CCOC3)cs2)cc1. The fraction of sp³-hybridized carbons (Fsp3) is 0.357. The van der Waals surface area contributed by atoms with Crippen LogP contribution < -0.4 is 4.74 Å². The molecular formula is C14H14ClNO2S. The second-order valence-corrected chi connectivity index (χ2v) is 5.85. The van der Waals surface area contributed by atoms with E-state index in [1.165, 1.54) is 0 Å². The van der Waals surface area contributed by atoms with E-state index >= 15 is 0 Å². The van der Waals surface area contributed by atoms with E-state index < -0.39 is 0 Å². The Morgan fingerprint density at radius 1 is 1.37 bits per heavy atom. The molecule has 0 spiro atoms. The van der Waals surface area contributed by atoms with Crippen LogP contribution in [0.3, 0.4) is 0 Å². The predicted molar refractivity (Wildman–Crippen MR) is 76.1 cm³/mol. The third-order valence-corrected chi connectivity index (χ3v) is 4.19. The molecule has 3 nitrogen and oxygen atoms in total. The Labute approximate surface area is 121 Å². The van der Waals surface area contributed by atoms with Gasteiger partial charge in [0.1, 0.15) is 17.4 Å². The largest absolute Gasteiger partial charge is 0.486 e. The molecule has 0 radical (unpaired) electrons. The molecule has 0 saturated carbocycles. The summed E-state index contributed by atoms with van der Waals surface area (Å²) < 4.78 is 11.1. The minimum absolute atomic E-state index is 0.459. The van der Waals surface area contributed by atoms with Gasteiger partial charge in [-0.1, -0.05) is 11.6 Å². The Hall–Kier alpha value is -1.10. The van der Waals surface area contributed by atoms with Crippen molar-refractivity contribution in [3.63, 3.8) is 0 Å². The first kappa shape index (κ1) is 12.9. The normalized spacial score (nSPS) is 18.7. The first-order chi connectivity index (χ1) is 9.31. The molecule has 19 heavy (non-hydrogen) atoms. The number of rotatable bonds is 4. The molecule has 1 fully saturated rings. The lowest BCUT2D eigenvalue weighted by molar-refractivity contribution is 0.193. The lowest BCUT2D eigenvalue weighted by atomic mass is 10.1. The number of aromatic nitrogens is 1. The summed E-state index contributed by atoms with van der Waals surface area (Å²) in [5.74, 6) is 1.27. The van der Waals surface area contributed by atoms with Crippen molar-refractivity contribution < 1.29 is 9.47 Å². The van der Waals surface area contributed by atoms with Crippen molar-refractivity contribution in [1.82, 2.24) is 4.98 Å². The minimum atomic E-state index is 0.459. The second-order valence-electron chi connectivity index (χ2n) is 4.47. The van der Waals surface area contributed by atoms with Crippen LogP contribution in [0.25, 0.3) is 0 Å². The molecule has 100 valence electrons. The summed E-state index contributed by atoms with van der Waals surface area (Å²) in [5, 5.41) is 3.82. The maximum atomic E-state index is 5.83. The zero-order chi connectivity index (χ0) is 13.1. The van der Waals surface area contributed by atoms with E-state index in [9.17, 15) is 0 Å². The summed E-state index contributed by atoms with van der Waals surface area (Å²) in [4.78, 5) is 4.61. The fourth-order valence-electron chi connectivity index (χ4n) is 2.02. The molecule has 1 atom stereocenters.